The summed E-state index contributed by atoms with van der Waals surface area (Å²) in [5, 5.41) is 0. The lowest BCUT2D eigenvalue weighted by Crippen LogP contribution is -2.40. The summed E-state index contributed by atoms with van der Waals surface area (Å²) in [4.78, 5) is 0.251. The molecule has 0 saturated heterocycles. The fraction of sp³-hybridized carbons (Fsp3) is 0.294. The topological polar surface area (TPSA) is 37.4 Å². The van der Waals surface area contributed by atoms with Crippen LogP contribution in [0.1, 0.15) is 18.4 Å². The molecule has 0 spiro atoms. The molecule has 0 fully saturated rings. The third-order valence-corrected chi connectivity index (χ3v) is 5.07. The Morgan fingerprint density at radius 2 is 1.76 bits per heavy atom. The van der Waals surface area contributed by atoms with Crippen LogP contribution in [0.2, 0.25) is 0 Å². The van der Waals surface area contributed by atoms with E-state index in [2.05, 4.69) is 19.1 Å². The van der Waals surface area contributed by atoms with Crippen molar-refractivity contribution in [3.8, 4) is 12.3 Å². The van der Waals surface area contributed by atoms with E-state index in [0.717, 1.165) is 5.56 Å². The molecule has 1 aromatic rings. The monoisotopic (exact) mass is 303 g/mol. The first-order valence-corrected chi connectivity index (χ1v) is 8.15. The number of sulfonamides is 1. The zero-order chi connectivity index (χ0) is 15.9. The van der Waals surface area contributed by atoms with Gasteiger partial charge in [0.2, 0.25) is 10.0 Å². The van der Waals surface area contributed by atoms with Crippen molar-refractivity contribution in [1.82, 2.24) is 4.31 Å². The number of hydrogen-bond donors (Lipinski definition) is 0. The van der Waals surface area contributed by atoms with Crippen LogP contribution < -0.4 is 0 Å². The minimum Gasteiger partial charge on any atom is -0.207 e. The minimum absolute atomic E-state index is 0.0303. The summed E-state index contributed by atoms with van der Waals surface area (Å²) in [6.07, 6.45) is 9.80. The van der Waals surface area contributed by atoms with Crippen molar-refractivity contribution in [3.05, 3.63) is 55.1 Å². The van der Waals surface area contributed by atoms with Gasteiger partial charge < -0.3 is 0 Å². The average Bonchev–Trinajstić information content (AvgIpc) is 2.45. The highest BCUT2D eigenvalue weighted by Gasteiger charge is 2.29. The molecule has 1 rings (SSSR count). The van der Waals surface area contributed by atoms with E-state index in [1.165, 1.54) is 4.31 Å². The first-order chi connectivity index (χ1) is 9.97. The highest BCUT2D eigenvalue weighted by molar-refractivity contribution is 7.89. The molecule has 0 aliphatic rings. The van der Waals surface area contributed by atoms with Gasteiger partial charge in [0.15, 0.2) is 0 Å². The maximum absolute atomic E-state index is 12.8. The molecule has 0 heterocycles. The molecule has 0 saturated carbocycles. The van der Waals surface area contributed by atoms with Crippen molar-refractivity contribution in [2.45, 2.75) is 30.7 Å². The van der Waals surface area contributed by atoms with Crippen LogP contribution in [0, 0.1) is 19.3 Å². The van der Waals surface area contributed by atoms with Gasteiger partial charge in [-0.2, -0.15) is 4.31 Å². The number of hydrogen-bond acceptors (Lipinski definition) is 2. The Balaban J connectivity index is 3.24. The lowest BCUT2D eigenvalue weighted by atomic mass is 10.1. The zero-order valence-corrected chi connectivity index (χ0v) is 13.1. The van der Waals surface area contributed by atoms with Gasteiger partial charge in [-0.15, -0.1) is 19.6 Å². The quantitative estimate of drug-likeness (QED) is 0.546. The number of rotatable bonds is 8. The van der Waals surface area contributed by atoms with Gasteiger partial charge in [-0.05, 0) is 31.9 Å². The van der Waals surface area contributed by atoms with E-state index in [-0.39, 0.29) is 17.5 Å². The molecule has 0 aliphatic heterocycles. The Bertz CT molecular complexity index is 614. The summed E-state index contributed by atoms with van der Waals surface area (Å²) in [6.45, 7) is 9.31. The molecule has 0 atom stereocenters. The molecule has 112 valence electrons. The molecular weight excluding hydrogens is 282 g/mol. The van der Waals surface area contributed by atoms with Crippen LogP contribution in [0.3, 0.4) is 0 Å². The molecule has 4 heteroatoms. The largest absolute Gasteiger partial charge is 0.244 e. The second-order valence-electron chi connectivity index (χ2n) is 4.77. The highest BCUT2D eigenvalue weighted by Crippen LogP contribution is 2.22. The van der Waals surface area contributed by atoms with E-state index in [1.807, 2.05) is 6.92 Å². The van der Waals surface area contributed by atoms with Crippen LogP contribution >= 0.6 is 0 Å². The van der Waals surface area contributed by atoms with Crippen LogP contribution in [0.15, 0.2) is 54.5 Å². The Kier molecular flexibility index (Phi) is 6.41. The van der Waals surface area contributed by atoms with Gasteiger partial charge in [0, 0.05) is 6.04 Å². The molecule has 0 aliphatic carbocycles. The van der Waals surface area contributed by atoms with E-state index in [9.17, 15) is 8.42 Å². The standard InChI is InChI=1S/C17H21NO2S/c1-5-8-16(9-6-2)18(14-7-3)21(19,20)17-12-10-15(4)11-13-17/h3,5-6,10-13,16H,1-2,8-9,14H2,4H3. The molecule has 0 N–H and O–H groups in total. The van der Waals surface area contributed by atoms with E-state index < -0.39 is 10.0 Å². The fourth-order valence-corrected chi connectivity index (χ4v) is 3.62. The average molecular weight is 303 g/mol. The Hall–Kier alpha value is -1.83. The van der Waals surface area contributed by atoms with E-state index in [1.54, 1.807) is 36.4 Å². The van der Waals surface area contributed by atoms with Crippen LogP contribution in [-0.4, -0.2) is 25.3 Å². The fourth-order valence-electron chi connectivity index (χ4n) is 2.06. The molecular formula is C17H21NO2S. The lowest BCUT2D eigenvalue weighted by molar-refractivity contribution is 0.349. The van der Waals surface area contributed by atoms with Gasteiger partial charge in [-0.3, -0.25) is 0 Å². The van der Waals surface area contributed by atoms with Crippen LogP contribution in [-0.2, 0) is 10.0 Å². The van der Waals surface area contributed by atoms with Crippen molar-refractivity contribution >= 4 is 10.0 Å². The molecule has 0 bridgehead atoms. The normalized spacial score (nSPS) is 11.3. The van der Waals surface area contributed by atoms with Gasteiger partial charge in [0.05, 0.1) is 11.4 Å². The van der Waals surface area contributed by atoms with Gasteiger partial charge in [-0.25, -0.2) is 8.42 Å². The van der Waals surface area contributed by atoms with Gasteiger partial charge in [0.1, 0.15) is 0 Å². The number of aryl methyl sites for hydroxylation is 1. The third-order valence-electron chi connectivity index (χ3n) is 3.16. The number of benzene rings is 1. The summed E-state index contributed by atoms with van der Waals surface area (Å²) in [5.74, 6) is 2.43. The van der Waals surface area contributed by atoms with E-state index in [4.69, 9.17) is 6.42 Å². The summed E-state index contributed by atoms with van der Waals surface area (Å²) in [7, 11) is -3.63. The molecule has 1 aromatic carbocycles. The zero-order valence-electron chi connectivity index (χ0n) is 12.3. The summed E-state index contributed by atoms with van der Waals surface area (Å²) >= 11 is 0. The van der Waals surface area contributed by atoms with Gasteiger partial charge in [0.25, 0.3) is 0 Å². The maximum atomic E-state index is 12.8. The molecule has 0 amide bonds. The number of terminal acetylenes is 1. The van der Waals surface area contributed by atoms with Gasteiger partial charge in [-0.1, -0.05) is 35.8 Å². The summed E-state index contributed by atoms with van der Waals surface area (Å²) in [5.41, 5.74) is 1.01. The Morgan fingerprint density at radius 3 is 2.19 bits per heavy atom. The Labute approximate surface area is 128 Å². The SMILES string of the molecule is C#CCN(C(CC=C)CC=C)S(=O)(=O)c1ccc(C)cc1. The second-order valence-corrected chi connectivity index (χ2v) is 6.66. The van der Waals surface area contributed by atoms with Crippen LogP contribution in [0.5, 0.6) is 0 Å². The molecule has 0 aromatic heterocycles. The molecule has 0 unspecified atom stereocenters. The minimum atomic E-state index is -3.63. The summed E-state index contributed by atoms with van der Waals surface area (Å²) < 4.78 is 26.9. The van der Waals surface area contributed by atoms with Crippen molar-refractivity contribution in [1.29, 1.82) is 0 Å². The second kappa shape index (κ2) is 7.82. The van der Waals surface area contributed by atoms with Gasteiger partial charge >= 0.3 is 0 Å². The first-order valence-electron chi connectivity index (χ1n) is 6.71. The molecule has 0 radical (unpaired) electrons. The summed E-state index contributed by atoms with van der Waals surface area (Å²) in [6, 6.07) is 6.50. The first kappa shape index (κ1) is 17.2. The highest BCUT2D eigenvalue weighted by atomic mass is 32.2. The Morgan fingerprint density at radius 1 is 1.24 bits per heavy atom. The van der Waals surface area contributed by atoms with Crippen LogP contribution in [0.4, 0.5) is 0 Å². The van der Waals surface area contributed by atoms with E-state index in [0.29, 0.717) is 12.8 Å². The molecule has 3 nitrogen and oxygen atoms in total. The third kappa shape index (κ3) is 4.32. The van der Waals surface area contributed by atoms with Crippen molar-refractivity contribution in [2.75, 3.05) is 6.54 Å². The van der Waals surface area contributed by atoms with Crippen molar-refractivity contribution in [3.63, 3.8) is 0 Å². The lowest BCUT2D eigenvalue weighted by Gasteiger charge is -2.28. The van der Waals surface area contributed by atoms with Crippen LogP contribution in [0.25, 0.3) is 0 Å². The van der Waals surface area contributed by atoms with Crippen molar-refractivity contribution in [2.24, 2.45) is 0 Å². The van der Waals surface area contributed by atoms with E-state index >= 15 is 0 Å². The molecule has 21 heavy (non-hydrogen) atoms. The van der Waals surface area contributed by atoms with Crippen molar-refractivity contribution < 1.29 is 8.42 Å². The predicted octanol–water partition coefficient (Wildman–Crippen LogP) is 3.14. The number of nitrogens with zero attached hydrogens (tertiary/aromatic N) is 1. The smallest absolute Gasteiger partial charge is 0.207 e. The maximum Gasteiger partial charge on any atom is 0.244 e. The predicted molar refractivity (Wildman–Crippen MR) is 87.3 cm³/mol.